The molecule has 3 rings (SSSR count). The van der Waals surface area contributed by atoms with Crippen LogP contribution < -0.4 is 0 Å². The first-order valence-corrected chi connectivity index (χ1v) is 9.40. The molecule has 1 saturated carbocycles. The van der Waals surface area contributed by atoms with Gasteiger partial charge >= 0.3 is 0 Å². The van der Waals surface area contributed by atoms with Gasteiger partial charge in [-0.1, -0.05) is 24.6 Å². The molecule has 1 aliphatic carbocycles. The first-order chi connectivity index (χ1) is 10.6. The Balaban J connectivity index is 1.63. The molecule has 2 fully saturated rings. The average molecular weight is 322 g/mol. The number of fused-ring (bicyclic) bond motifs is 1. The number of amides is 1. The minimum atomic E-state index is 0.269. The summed E-state index contributed by atoms with van der Waals surface area (Å²) in [6.45, 7) is 6.41. The van der Waals surface area contributed by atoms with Crippen molar-refractivity contribution in [1.29, 1.82) is 0 Å². The number of thioether (sulfide) groups is 1. The smallest absolute Gasteiger partial charge is 0.233 e. The van der Waals surface area contributed by atoms with Crippen molar-refractivity contribution in [1.82, 2.24) is 19.7 Å². The lowest BCUT2D eigenvalue weighted by molar-refractivity contribution is -0.131. The normalized spacial score (nSPS) is 28.2. The summed E-state index contributed by atoms with van der Waals surface area (Å²) in [5, 5.41) is 8.95. The fraction of sp³-hybridized carbons (Fsp3) is 0.812. The Labute approximate surface area is 136 Å². The van der Waals surface area contributed by atoms with Gasteiger partial charge in [0.15, 0.2) is 5.16 Å². The van der Waals surface area contributed by atoms with Crippen LogP contribution in [0.15, 0.2) is 11.5 Å². The van der Waals surface area contributed by atoms with E-state index in [0.717, 1.165) is 11.1 Å². The van der Waals surface area contributed by atoms with Crippen LogP contribution >= 0.6 is 11.8 Å². The summed E-state index contributed by atoms with van der Waals surface area (Å²) < 4.78 is 2.02. The molecule has 0 aromatic carbocycles. The van der Waals surface area contributed by atoms with Crippen molar-refractivity contribution in [3.05, 3.63) is 6.33 Å². The zero-order valence-electron chi connectivity index (χ0n) is 13.7. The van der Waals surface area contributed by atoms with Crippen LogP contribution in [0.25, 0.3) is 0 Å². The van der Waals surface area contributed by atoms with Gasteiger partial charge in [-0.25, -0.2) is 0 Å². The molecule has 1 amide bonds. The third-order valence-corrected chi connectivity index (χ3v) is 6.00. The van der Waals surface area contributed by atoms with Gasteiger partial charge in [0.1, 0.15) is 6.33 Å². The third-order valence-electron chi connectivity index (χ3n) is 5.05. The maximum Gasteiger partial charge on any atom is 0.233 e. The van der Waals surface area contributed by atoms with E-state index in [1.807, 2.05) is 4.57 Å². The quantitative estimate of drug-likeness (QED) is 0.799. The second-order valence-corrected chi connectivity index (χ2v) is 7.84. The molecule has 0 radical (unpaired) electrons. The van der Waals surface area contributed by atoms with Gasteiger partial charge in [-0.2, -0.15) is 0 Å². The van der Waals surface area contributed by atoms with E-state index in [-0.39, 0.29) is 5.91 Å². The molecule has 122 valence electrons. The Hall–Kier alpha value is -1.04. The Morgan fingerprint density at radius 2 is 2.18 bits per heavy atom. The molecule has 0 bridgehead atoms. The molecule has 3 atom stereocenters. The van der Waals surface area contributed by atoms with Crippen molar-refractivity contribution in [2.75, 3.05) is 5.75 Å². The SMILES string of the molecule is CC(C)n1cnnc1SCC(=O)N1[C@H](C)C[C@@H]2CCCC[C@H]21. The molecule has 22 heavy (non-hydrogen) atoms. The fourth-order valence-electron chi connectivity index (χ4n) is 4.03. The minimum absolute atomic E-state index is 0.269. The van der Waals surface area contributed by atoms with Crippen LogP contribution in [0.5, 0.6) is 0 Å². The molecule has 2 heterocycles. The fourth-order valence-corrected chi connectivity index (χ4v) is 4.94. The van der Waals surface area contributed by atoms with E-state index in [0.29, 0.717) is 23.9 Å². The van der Waals surface area contributed by atoms with Crippen LogP contribution in [-0.4, -0.2) is 43.4 Å². The van der Waals surface area contributed by atoms with E-state index in [1.165, 1.54) is 43.9 Å². The van der Waals surface area contributed by atoms with Gasteiger partial charge in [-0.05, 0) is 46.0 Å². The molecule has 6 heteroatoms. The van der Waals surface area contributed by atoms with Gasteiger partial charge in [-0.15, -0.1) is 10.2 Å². The molecule has 1 aliphatic heterocycles. The Morgan fingerprint density at radius 1 is 1.41 bits per heavy atom. The molecule has 1 aromatic heterocycles. The van der Waals surface area contributed by atoms with Crippen molar-refractivity contribution >= 4 is 17.7 Å². The molecule has 0 N–H and O–H groups in total. The molecular formula is C16H26N4OS. The second-order valence-electron chi connectivity index (χ2n) is 6.90. The summed E-state index contributed by atoms with van der Waals surface area (Å²) >= 11 is 1.52. The Bertz CT molecular complexity index is 530. The van der Waals surface area contributed by atoms with Crippen LogP contribution in [0.3, 0.4) is 0 Å². The average Bonchev–Trinajstić information content (AvgIpc) is 3.07. The lowest BCUT2D eigenvalue weighted by Crippen LogP contribution is -2.43. The summed E-state index contributed by atoms with van der Waals surface area (Å²) in [5.41, 5.74) is 0. The first-order valence-electron chi connectivity index (χ1n) is 8.41. The highest BCUT2D eigenvalue weighted by Gasteiger charge is 2.42. The van der Waals surface area contributed by atoms with E-state index in [1.54, 1.807) is 6.33 Å². The van der Waals surface area contributed by atoms with Gasteiger partial charge in [0.05, 0.1) is 5.75 Å². The first kappa shape index (κ1) is 15.8. The van der Waals surface area contributed by atoms with Gasteiger partial charge in [0.2, 0.25) is 5.91 Å². The van der Waals surface area contributed by atoms with Gasteiger partial charge < -0.3 is 9.47 Å². The maximum atomic E-state index is 12.7. The summed E-state index contributed by atoms with van der Waals surface area (Å²) in [6.07, 6.45) is 8.02. The van der Waals surface area contributed by atoms with Crippen LogP contribution in [0.2, 0.25) is 0 Å². The van der Waals surface area contributed by atoms with Crippen molar-refractivity contribution in [3.63, 3.8) is 0 Å². The predicted octanol–water partition coefficient (Wildman–Crippen LogP) is 3.13. The predicted molar refractivity (Wildman–Crippen MR) is 87.8 cm³/mol. The number of hydrogen-bond donors (Lipinski definition) is 0. The molecular weight excluding hydrogens is 296 g/mol. The molecule has 0 spiro atoms. The van der Waals surface area contributed by atoms with Crippen LogP contribution in [0.1, 0.15) is 58.9 Å². The van der Waals surface area contributed by atoms with E-state index >= 15 is 0 Å². The summed E-state index contributed by atoms with van der Waals surface area (Å²) in [5.74, 6) is 1.47. The Morgan fingerprint density at radius 3 is 2.95 bits per heavy atom. The van der Waals surface area contributed by atoms with Gasteiger partial charge in [0, 0.05) is 18.1 Å². The molecule has 1 saturated heterocycles. The lowest BCUT2D eigenvalue weighted by atomic mass is 9.85. The van der Waals surface area contributed by atoms with Crippen molar-refractivity contribution < 1.29 is 4.79 Å². The van der Waals surface area contributed by atoms with Gasteiger partial charge in [-0.3, -0.25) is 4.79 Å². The highest BCUT2D eigenvalue weighted by atomic mass is 32.2. The molecule has 0 unspecified atom stereocenters. The number of aromatic nitrogens is 3. The van der Waals surface area contributed by atoms with Crippen LogP contribution in [0.4, 0.5) is 0 Å². The maximum absolute atomic E-state index is 12.7. The summed E-state index contributed by atoms with van der Waals surface area (Å²) in [6, 6.07) is 1.20. The van der Waals surface area contributed by atoms with E-state index in [4.69, 9.17) is 0 Å². The van der Waals surface area contributed by atoms with Crippen molar-refractivity contribution in [2.24, 2.45) is 5.92 Å². The highest BCUT2D eigenvalue weighted by molar-refractivity contribution is 7.99. The number of nitrogens with zero attached hydrogens (tertiary/aromatic N) is 4. The number of carbonyl (C=O) groups is 1. The molecule has 5 nitrogen and oxygen atoms in total. The zero-order valence-corrected chi connectivity index (χ0v) is 14.6. The second kappa shape index (κ2) is 6.60. The highest BCUT2D eigenvalue weighted by Crippen LogP contribution is 2.39. The third kappa shape index (κ3) is 3.03. The number of rotatable bonds is 4. The van der Waals surface area contributed by atoms with Crippen LogP contribution in [0, 0.1) is 5.92 Å². The van der Waals surface area contributed by atoms with E-state index in [2.05, 4.69) is 35.9 Å². The Kier molecular flexibility index (Phi) is 4.76. The molecule has 2 aliphatic rings. The van der Waals surface area contributed by atoms with Crippen molar-refractivity contribution in [3.8, 4) is 0 Å². The van der Waals surface area contributed by atoms with E-state index in [9.17, 15) is 4.79 Å². The van der Waals surface area contributed by atoms with Crippen molar-refractivity contribution in [2.45, 2.75) is 76.2 Å². The largest absolute Gasteiger partial charge is 0.336 e. The van der Waals surface area contributed by atoms with Crippen LogP contribution in [-0.2, 0) is 4.79 Å². The number of hydrogen-bond acceptors (Lipinski definition) is 4. The number of carbonyl (C=O) groups excluding carboxylic acids is 1. The summed E-state index contributed by atoms with van der Waals surface area (Å²) in [4.78, 5) is 14.9. The monoisotopic (exact) mass is 322 g/mol. The summed E-state index contributed by atoms with van der Waals surface area (Å²) in [7, 11) is 0. The van der Waals surface area contributed by atoms with E-state index < -0.39 is 0 Å². The standard InChI is InChI=1S/C16H26N4OS/c1-11(2)19-10-17-18-16(19)22-9-15(21)20-12(3)8-13-6-4-5-7-14(13)20/h10-14H,4-9H2,1-3H3/t12-,13+,14-/m1/s1. The topological polar surface area (TPSA) is 51.0 Å². The zero-order chi connectivity index (χ0) is 15.7. The molecule has 1 aromatic rings. The lowest BCUT2D eigenvalue weighted by Gasteiger charge is -2.33. The minimum Gasteiger partial charge on any atom is -0.336 e. The van der Waals surface area contributed by atoms with Gasteiger partial charge in [0.25, 0.3) is 0 Å². The number of likely N-dealkylation sites (tertiary alicyclic amines) is 1.